The Kier molecular flexibility index (Phi) is 3.52. The minimum absolute atomic E-state index is 0.0791. The largest absolute Gasteiger partial charge is 0.475 e. The summed E-state index contributed by atoms with van der Waals surface area (Å²) in [5.74, 6) is -0.218. The van der Waals surface area contributed by atoms with Gasteiger partial charge in [-0.3, -0.25) is 4.90 Å². The number of hydrogen-bond acceptors (Lipinski definition) is 3. The third-order valence-electron chi connectivity index (χ3n) is 3.56. The number of rotatable bonds is 3. The van der Waals surface area contributed by atoms with Crippen molar-refractivity contribution < 1.29 is 14.3 Å². The molecule has 17 heavy (non-hydrogen) atoms. The fraction of sp³-hybridized carbons (Fsp3) is 0.615. The highest BCUT2D eigenvalue weighted by atomic mass is 16.4. The van der Waals surface area contributed by atoms with E-state index < -0.39 is 5.97 Å². The van der Waals surface area contributed by atoms with Crippen molar-refractivity contribution in [1.82, 2.24) is 4.90 Å². The molecule has 1 saturated heterocycles. The van der Waals surface area contributed by atoms with Crippen LogP contribution in [0, 0.1) is 5.92 Å². The molecule has 1 aliphatic heterocycles. The molecule has 0 radical (unpaired) electrons. The van der Waals surface area contributed by atoms with Gasteiger partial charge in [0.1, 0.15) is 0 Å². The summed E-state index contributed by atoms with van der Waals surface area (Å²) < 4.78 is 5.00. The molecule has 4 nitrogen and oxygen atoms in total. The van der Waals surface area contributed by atoms with Crippen LogP contribution in [0.3, 0.4) is 0 Å². The van der Waals surface area contributed by atoms with Crippen LogP contribution in [0.15, 0.2) is 16.7 Å². The molecule has 1 aromatic rings. The van der Waals surface area contributed by atoms with Gasteiger partial charge in [-0.25, -0.2) is 4.79 Å². The van der Waals surface area contributed by atoms with Crippen molar-refractivity contribution in [3.8, 4) is 0 Å². The van der Waals surface area contributed by atoms with Crippen LogP contribution in [0.2, 0.25) is 0 Å². The molecule has 1 aromatic heterocycles. The highest BCUT2D eigenvalue weighted by Gasteiger charge is 2.25. The number of piperidine rings is 1. The zero-order valence-electron chi connectivity index (χ0n) is 10.3. The Balaban J connectivity index is 2.09. The van der Waals surface area contributed by atoms with Crippen molar-refractivity contribution in [2.75, 3.05) is 6.54 Å². The van der Waals surface area contributed by atoms with Gasteiger partial charge in [-0.15, -0.1) is 0 Å². The lowest BCUT2D eigenvalue weighted by molar-refractivity contribution is 0.0654. The predicted molar refractivity (Wildman–Crippen MR) is 63.9 cm³/mol. The molecule has 2 heterocycles. The number of hydrogen-bond donors (Lipinski definition) is 1. The van der Waals surface area contributed by atoms with Crippen molar-refractivity contribution >= 4 is 5.97 Å². The number of nitrogens with zero attached hydrogens (tertiary/aromatic N) is 1. The van der Waals surface area contributed by atoms with Gasteiger partial charge < -0.3 is 9.52 Å². The normalized spacial score (nSPS) is 26.0. The zero-order valence-corrected chi connectivity index (χ0v) is 10.3. The number of carbonyl (C=O) groups is 1. The molecule has 2 unspecified atom stereocenters. The smallest absolute Gasteiger partial charge is 0.372 e. The standard InChI is InChI=1S/C13H19NO3/c1-9-3-4-10(2)14(7-9)8-11-5-6-17-12(11)13(15)16/h5-6,9-10H,3-4,7-8H2,1-2H3,(H,15,16). The molecule has 0 bridgehead atoms. The lowest BCUT2D eigenvalue weighted by atomic mass is 9.94. The van der Waals surface area contributed by atoms with Gasteiger partial charge >= 0.3 is 5.97 Å². The van der Waals surface area contributed by atoms with Crippen LogP contribution < -0.4 is 0 Å². The van der Waals surface area contributed by atoms with E-state index in [1.54, 1.807) is 6.07 Å². The Hall–Kier alpha value is -1.29. The fourth-order valence-electron chi connectivity index (χ4n) is 2.47. The van der Waals surface area contributed by atoms with Gasteiger partial charge in [-0.05, 0) is 31.7 Å². The second kappa shape index (κ2) is 4.92. The lowest BCUT2D eigenvalue weighted by Crippen LogP contribution is -2.40. The first kappa shape index (κ1) is 12.2. The predicted octanol–water partition coefficient (Wildman–Crippen LogP) is 2.60. The van der Waals surface area contributed by atoms with Crippen LogP contribution >= 0.6 is 0 Å². The molecular formula is C13H19NO3. The van der Waals surface area contributed by atoms with Gasteiger partial charge in [-0.2, -0.15) is 0 Å². The zero-order chi connectivity index (χ0) is 12.4. The van der Waals surface area contributed by atoms with E-state index in [1.165, 1.54) is 19.1 Å². The summed E-state index contributed by atoms with van der Waals surface area (Å²) in [6, 6.07) is 2.28. The van der Waals surface area contributed by atoms with Crippen molar-refractivity contribution in [3.05, 3.63) is 23.7 Å². The van der Waals surface area contributed by atoms with Gasteiger partial charge in [-0.1, -0.05) is 6.92 Å². The number of carboxylic acid groups (broad SMARTS) is 1. The van der Waals surface area contributed by atoms with Gasteiger partial charge in [0.05, 0.1) is 6.26 Å². The minimum Gasteiger partial charge on any atom is -0.475 e. The second-order valence-electron chi connectivity index (χ2n) is 5.04. The average molecular weight is 237 g/mol. The third-order valence-corrected chi connectivity index (χ3v) is 3.56. The molecule has 1 fully saturated rings. The van der Waals surface area contributed by atoms with Gasteiger partial charge in [0.25, 0.3) is 0 Å². The molecule has 0 aromatic carbocycles. The highest BCUT2D eigenvalue weighted by Crippen LogP contribution is 2.24. The molecule has 1 aliphatic rings. The number of aromatic carboxylic acids is 1. The molecule has 0 spiro atoms. The third kappa shape index (κ3) is 2.69. The summed E-state index contributed by atoms with van der Waals surface area (Å²) in [7, 11) is 0. The van der Waals surface area contributed by atoms with E-state index in [4.69, 9.17) is 9.52 Å². The van der Waals surface area contributed by atoms with E-state index >= 15 is 0 Å². The molecule has 94 valence electrons. The first-order valence-electron chi connectivity index (χ1n) is 6.11. The summed E-state index contributed by atoms with van der Waals surface area (Å²) in [5, 5.41) is 8.99. The van der Waals surface area contributed by atoms with E-state index in [0.29, 0.717) is 18.5 Å². The van der Waals surface area contributed by atoms with E-state index in [2.05, 4.69) is 18.7 Å². The van der Waals surface area contributed by atoms with Crippen LogP contribution in [0.25, 0.3) is 0 Å². The summed E-state index contributed by atoms with van der Waals surface area (Å²) >= 11 is 0. The first-order chi connectivity index (χ1) is 8.08. The molecular weight excluding hydrogens is 218 g/mol. The molecule has 1 N–H and O–H groups in total. The first-order valence-corrected chi connectivity index (χ1v) is 6.11. The number of carboxylic acids is 1. The second-order valence-corrected chi connectivity index (χ2v) is 5.04. The molecule has 2 rings (SSSR count). The maximum Gasteiger partial charge on any atom is 0.372 e. The SMILES string of the molecule is CC1CCC(C)N(Cc2ccoc2C(=O)O)C1. The van der Waals surface area contributed by atoms with Crippen LogP contribution in [0.5, 0.6) is 0 Å². The Bertz CT molecular complexity index is 399. The summed E-state index contributed by atoms with van der Waals surface area (Å²) in [6.07, 6.45) is 3.90. The lowest BCUT2D eigenvalue weighted by Gasteiger charge is -2.36. The maximum absolute atomic E-state index is 11.0. The average Bonchev–Trinajstić information content (AvgIpc) is 2.71. The minimum atomic E-state index is -0.984. The van der Waals surface area contributed by atoms with Crippen molar-refractivity contribution in [2.24, 2.45) is 5.92 Å². The van der Waals surface area contributed by atoms with Crippen LogP contribution in [0.1, 0.15) is 42.8 Å². The topological polar surface area (TPSA) is 53.7 Å². The van der Waals surface area contributed by atoms with Crippen molar-refractivity contribution in [3.63, 3.8) is 0 Å². The van der Waals surface area contributed by atoms with Crippen LogP contribution in [0.4, 0.5) is 0 Å². The molecule has 0 amide bonds. The van der Waals surface area contributed by atoms with Crippen molar-refractivity contribution in [2.45, 2.75) is 39.3 Å². The quantitative estimate of drug-likeness (QED) is 0.878. The maximum atomic E-state index is 11.0. The van der Waals surface area contributed by atoms with Gasteiger partial charge in [0.2, 0.25) is 5.76 Å². The fourth-order valence-corrected chi connectivity index (χ4v) is 2.47. The van der Waals surface area contributed by atoms with Crippen LogP contribution in [-0.2, 0) is 6.54 Å². The van der Waals surface area contributed by atoms with E-state index in [9.17, 15) is 4.79 Å². The molecule has 4 heteroatoms. The monoisotopic (exact) mass is 237 g/mol. The molecule has 0 saturated carbocycles. The number of likely N-dealkylation sites (tertiary alicyclic amines) is 1. The Labute approximate surface area is 101 Å². The molecule has 0 aliphatic carbocycles. The van der Waals surface area contributed by atoms with E-state index in [1.807, 2.05) is 0 Å². The van der Waals surface area contributed by atoms with E-state index in [-0.39, 0.29) is 5.76 Å². The Morgan fingerprint density at radius 3 is 3.00 bits per heavy atom. The summed E-state index contributed by atoms with van der Waals surface area (Å²) in [6.45, 7) is 6.15. The summed E-state index contributed by atoms with van der Waals surface area (Å²) in [5.41, 5.74) is 0.776. The van der Waals surface area contributed by atoms with Crippen molar-refractivity contribution in [1.29, 1.82) is 0 Å². The van der Waals surface area contributed by atoms with Crippen LogP contribution in [-0.4, -0.2) is 28.6 Å². The number of furan rings is 1. The van der Waals surface area contributed by atoms with Gasteiger partial charge in [0, 0.05) is 24.7 Å². The van der Waals surface area contributed by atoms with E-state index in [0.717, 1.165) is 12.1 Å². The Morgan fingerprint density at radius 2 is 2.29 bits per heavy atom. The van der Waals surface area contributed by atoms with Gasteiger partial charge in [0.15, 0.2) is 0 Å². The molecule has 2 atom stereocenters. The highest BCUT2D eigenvalue weighted by molar-refractivity contribution is 5.86. The summed E-state index contributed by atoms with van der Waals surface area (Å²) in [4.78, 5) is 13.3. The Morgan fingerprint density at radius 1 is 1.53 bits per heavy atom.